The number of aliphatic hydroxyl groups is 1. The maximum atomic E-state index is 12.8. The number of carbonyl (C=O) groups is 3. The lowest BCUT2D eigenvalue weighted by molar-refractivity contribution is -0.147. The lowest BCUT2D eigenvalue weighted by atomic mass is 10.1. The van der Waals surface area contributed by atoms with Crippen LogP contribution < -0.4 is 5.32 Å². The Labute approximate surface area is 196 Å². The Bertz CT molecular complexity index is 741. The maximum absolute atomic E-state index is 12.8. The summed E-state index contributed by atoms with van der Waals surface area (Å²) in [5.41, 5.74) is -0.740. The standard InChI is InChI=1S/C24H38N2O7/c1-23(2,3)32-21(29)26(22(30)33-24(4,5)6)19(20(28)31-7)14-13-18(27)16-25-15-17-11-9-8-10-12-17/h8-12,18-19,25,27H,13-16H2,1-7H3/t18?,19-/m0/s1. The average Bonchev–Trinajstić information content (AvgIpc) is 2.68. The third-order valence-corrected chi connectivity index (χ3v) is 4.29. The number of benzene rings is 1. The van der Waals surface area contributed by atoms with Crippen LogP contribution in [-0.2, 0) is 25.5 Å². The Hall–Kier alpha value is -2.65. The minimum atomic E-state index is -1.32. The van der Waals surface area contributed by atoms with Crippen molar-refractivity contribution < 1.29 is 33.7 Å². The van der Waals surface area contributed by atoms with E-state index in [4.69, 9.17) is 14.2 Å². The molecule has 0 aromatic heterocycles. The number of nitrogens with zero attached hydrogens (tertiary/aromatic N) is 1. The Morgan fingerprint density at radius 2 is 1.45 bits per heavy atom. The summed E-state index contributed by atoms with van der Waals surface area (Å²) in [4.78, 5) is 38.8. The van der Waals surface area contributed by atoms with Gasteiger partial charge in [-0.1, -0.05) is 30.3 Å². The van der Waals surface area contributed by atoms with Crippen molar-refractivity contribution in [3.05, 3.63) is 35.9 Å². The topological polar surface area (TPSA) is 114 Å². The van der Waals surface area contributed by atoms with Crippen molar-refractivity contribution in [3.63, 3.8) is 0 Å². The summed E-state index contributed by atoms with van der Waals surface area (Å²) in [5.74, 6) is -0.809. The lowest BCUT2D eigenvalue weighted by Gasteiger charge is -2.32. The highest BCUT2D eigenvalue weighted by molar-refractivity contribution is 5.94. The second-order valence-corrected chi connectivity index (χ2v) is 9.72. The van der Waals surface area contributed by atoms with Crippen molar-refractivity contribution in [3.8, 4) is 0 Å². The average molecular weight is 467 g/mol. The summed E-state index contributed by atoms with van der Waals surface area (Å²) in [5, 5.41) is 13.5. The van der Waals surface area contributed by atoms with Crippen LogP contribution in [0.2, 0.25) is 0 Å². The van der Waals surface area contributed by atoms with Crippen molar-refractivity contribution in [2.45, 2.75) is 84.3 Å². The van der Waals surface area contributed by atoms with Crippen LogP contribution in [0, 0.1) is 0 Å². The summed E-state index contributed by atoms with van der Waals surface area (Å²) in [6.45, 7) is 10.7. The fourth-order valence-electron chi connectivity index (χ4n) is 2.87. The van der Waals surface area contributed by atoms with Crippen LogP contribution >= 0.6 is 0 Å². The molecule has 0 bridgehead atoms. The molecule has 1 aromatic carbocycles. The van der Waals surface area contributed by atoms with E-state index in [2.05, 4.69) is 5.32 Å². The van der Waals surface area contributed by atoms with E-state index in [1.807, 2.05) is 30.3 Å². The number of esters is 1. The molecule has 0 heterocycles. The third kappa shape index (κ3) is 11.2. The largest absolute Gasteiger partial charge is 0.467 e. The number of methoxy groups -OCH3 is 1. The molecule has 0 fully saturated rings. The third-order valence-electron chi connectivity index (χ3n) is 4.29. The van der Waals surface area contributed by atoms with Crippen molar-refractivity contribution in [1.82, 2.24) is 10.2 Å². The smallest absolute Gasteiger partial charge is 0.420 e. The molecule has 1 rings (SSSR count). The number of ether oxygens (including phenoxy) is 3. The second kappa shape index (κ2) is 12.6. The Morgan fingerprint density at radius 1 is 0.939 bits per heavy atom. The normalized spacial score (nSPS) is 13.6. The highest BCUT2D eigenvalue weighted by Crippen LogP contribution is 2.20. The quantitative estimate of drug-likeness (QED) is 0.419. The molecule has 2 atom stereocenters. The minimum Gasteiger partial charge on any atom is -0.467 e. The molecular formula is C24H38N2O7. The van der Waals surface area contributed by atoms with Gasteiger partial charge < -0.3 is 24.6 Å². The van der Waals surface area contributed by atoms with Gasteiger partial charge in [-0.15, -0.1) is 0 Å². The number of imide groups is 1. The molecular weight excluding hydrogens is 428 g/mol. The van der Waals surface area contributed by atoms with Crippen molar-refractivity contribution in [2.24, 2.45) is 0 Å². The van der Waals surface area contributed by atoms with E-state index in [0.717, 1.165) is 12.7 Å². The van der Waals surface area contributed by atoms with Gasteiger partial charge in [-0.2, -0.15) is 4.90 Å². The number of nitrogens with one attached hydrogen (secondary N) is 1. The van der Waals surface area contributed by atoms with Gasteiger partial charge in [0.1, 0.15) is 17.2 Å². The van der Waals surface area contributed by atoms with Gasteiger partial charge in [-0.05, 0) is 59.9 Å². The number of amides is 2. The van der Waals surface area contributed by atoms with Crippen LogP contribution in [0.4, 0.5) is 9.59 Å². The predicted molar refractivity (Wildman–Crippen MR) is 124 cm³/mol. The molecule has 1 aromatic rings. The van der Waals surface area contributed by atoms with Crippen LogP contribution in [-0.4, -0.2) is 65.2 Å². The number of carbonyl (C=O) groups excluding carboxylic acids is 3. The minimum absolute atomic E-state index is 0.0284. The van der Waals surface area contributed by atoms with E-state index in [-0.39, 0.29) is 19.4 Å². The van der Waals surface area contributed by atoms with E-state index in [9.17, 15) is 19.5 Å². The number of aliphatic hydroxyl groups excluding tert-OH is 1. The first-order chi connectivity index (χ1) is 15.2. The highest BCUT2D eigenvalue weighted by atomic mass is 16.6. The number of hydrogen-bond acceptors (Lipinski definition) is 8. The first-order valence-corrected chi connectivity index (χ1v) is 11.0. The van der Waals surface area contributed by atoms with Gasteiger partial charge >= 0.3 is 18.2 Å². The monoisotopic (exact) mass is 466 g/mol. The molecule has 186 valence electrons. The molecule has 9 nitrogen and oxygen atoms in total. The summed E-state index contributed by atoms with van der Waals surface area (Å²) < 4.78 is 15.5. The van der Waals surface area contributed by atoms with Crippen LogP contribution in [0.1, 0.15) is 59.9 Å². The molecule has 0 radical (unpaired) electrons. The van der Waals surface area contributed by atoms with E-state index in [1.165, 1.54) is 0 Å². The van der Waals surface area contributed by atoms with Gasteiger partial charge in [-0.3, -0.25) is 0 Å². The van der Waals surface area contributed by atoms with E-state index in [1.54, 1.807) is 41.5 Å². The molecule has 0 aliphatic heterocycles. The molecule has 0 saturated carbocycles. The highest BCUT2D eigenvalue weighted by Gasteiger charge is 2.40. The SMILES string of the molecule is COC(=O)[C@H](CCC(O)CNCc1ccccc1)N(C(=O)OC(C)(C)C)C(=O)OC(C)(C)C. The van der Waals surface area contributed by atoms with Crippen molar-refractivity contribution >= 4 is 18.2 Å². The summed E-state index contributed by atoms with van der Waals surface area (Å²) in [6, 6.07) is 8.39. The Balaban J connectivity index is 2.91. The van der Waals surface area contributed by atoms with E-state index >= 15 is 0 Å². The molecule has 0 spiro atoms. The van der Waals surface area contributed by atoms with E-state index < -0.39 is 41.5 Å². The zero-order valence-electron chi connectivity index (χ0n) is 20.7. The summed E-state index contributed by atoms with van der Waals surface area (Å²) in [7, 11) is 1.16. The zero-order valence-corrected chi connectivity index (χ0v) is 20.7. The zero-order chi connectivity index (χ0) is 25.2. The van der Waals surface area contributed by atoms with Crippen LogP contribution in [0.25, 0.3) is 0 Å². The van der Waals surface area contributed by atoms with Crippen LogP contribution in [0.5, 0.6) is 0 Å². The number of hydrogen-bond donors (Lipinski definition) is 2. The second-order valence-electron chi connectivity index (χ2n) is 9.72. The molecule has 0 aliphatic rings. The Morgan fingerprint density at radius 3 is 1.91 bits per heavy atom. The van der Waals surface area contributed by atoms with Gasteiger partial charge in [0.15, 0.2) is 0 Å². The maximum Gasteiger partial charge on any atom is 0.420 e. The molecule has 2 N–H and O–H groups in total. The molecule has 1 unspecified atom stereocenters. The molecule has 9 heteroatoms. The van der Waals surface area contributed by atoms with Gasteiger partial charge in [0, 0.05) is 13.1 Å². The van der Waals surface area contributed by atoms with Crippen molar-refractivity contribution in [1.29, 1.82) is 0 Å². The fourth-order valence-corrected chi connectivity index (χ4v) is 2.87. The van der Waals surface area contributed by atoms with Crippen molar-refractivity contribution in [2.75, 3.05) is 13.7 Å². The fraction of sp³-hybridized carbons (Fsp3) is 0.625. The first-order valence-electron chi connectivity index (χ1n) is 11.0. The lowest BCUT2D eigenvalue weighted by Crippen LogP contribution is -2.52. The molecule has 0 saturated heterocycles. The molecule has 2 amide bonds. The van der Waals surface area contributed by atoms with Gasteiger partial charge in [-0.25, -0.2) is 14.4 Å². The number of rotatable bonds is 9. The van der Waals surface area contributed by atoms with Gasteiger partial charge in [0.05, 0.1) is 13.2 Å². The van der Waals surface area contributed by atoms with E-state index in [0.29, 0.717) is 11.4 Å². The van der Waals surface area contributed by atoms with Crippen LogP contribution in [0.3, 0.4) is 0 Å². The molecule has 33 heavy (non-hydrogen) atoms. The van der Waals surface area contributed by atoms with Crippen LogP contribution in [0.15, 0.2) is 30.3 Å². The van der Waals surface area contributed by atoms with Gasteiger partial charge in [0.2, 0.25) is 0 Å². The molecule has 0 aliphatic carbocycles. The summed E-state index contributed by atoms with van der Waals surface area (Å²) >= 11 is 0. The predicted octanol–water partition coefficient (Wildman–Crippen LogP) is 3.63. The Kier molecular flexibility index (Phi) is 10.8. The summed E-state index contributed by atoms with van der Waals surface area (Å²) in [6.07, 6.45) is -2.77. The van der Waals surface area contributed by atoms with Gasteiger partial charge in [0.25, 0.3) is 0 Å². The first kappa shape index (κ1) is 28.4.